The summed E-state index contributed by atoms with van der Waals surface area (Å²) in [6.07, 6.45) is 0. The Morgan fingerprint density at radius 1 is 1.29 bits per heavy atom. The molecule has 0 bridgehead atoms. The summed E-state index contributed by atoms with van der Waals surface area (Å²) in [5.41, 5.74) is 0.877. The molecule has 2 rings (SSSR count). The van der Waals surface area contributed by atoms with Crippen LogP contribution in [-0.2, 0) is 4.79 Å². The van der Waals surface area contributed by atoms with Gasteiger partial charge in [-0.15, -0.1) is 0 Å². The molecule has 1 aromatic carbocycles. The van der Waals surface area contributed by atoms with Crippen molar-refractivity contribution in [1.29, 1.82) is 0 Å². The van der Waals surface area contributed by atoms with Crippen molar-refractivity contribution in [2.45, 2.75) is 25.9 Å². The van der Waals surface area contributed by atoms with Gasteiger partial charge in [-0.05, 0) is 31.5 Å². The molecule has 2 N–H and O–H groups in total. The predicted molar refractivity (Wildman–Crippen MR) is 86.9 cm³/mol. The summed E-state index contributed by atoms with van der Waals surface area (Å²) in [7, 11) is 0. The first-order valence-electron chi connectivity index (χ1n) is 7.19. The van der Waals surface area contributed by atoms with Gasteiger partial charge in [0.1, 0.15) is 0 Å². The second-order valence-corrected chi connectivity index (χ2v) is 6.20. The smallest absolute Gasteiger partial charge is 0.237 e. The molecule has 116 valence electrons. The fourth-order valence-corrected chi connectivity index (χ4v) is 3.07. The molecule has 21 heavy (non-hydrogen) atoms. The van der Waals surface area contributed by atoms with Gasteiger partial charge in [-0.25, -0.2) is 0 Å². The third-order valence-electron chi connectivity index (χ3n) is 3.87. The van der Waals surface area contributed by atoms with Gasteiger partial charge < -0.3 is 10.6 Å². The maximum Gasteiger partial charge on any atom is 0.237 e. The van der Waals surface area contributed by atoms with Crippen molar-refractivity contribution in [2.24, 2.45) is 0 Å². The number of nitrogens with one attached hydrogen (secondary N) is 2. The Labute approximate surface area is 135 Å². The van der Waals surface area contributed by atoms with Gasteiger partial charge in [-0.2, -0.15) is 0 Å². The molecule has 0 aliphatic carbocycles. The summed E-state index contributed by atoms with van der Waals surface area (Å²) >= 11 is 12.1. The van der Waals surface area contributed by atoms with Crippen molar-refractivity contribution < 1.29 is 4.79 Å². The molecule has 4 nitrogen and oxygen atoms in total. The summed E-state index contributed by atoms with van der Waals surface area (Å²) in [5.74, 6) is 0.0235. The lowest BCUT2D eigenvalue weighted by Crippen LogP contribution is -2.52. The minimum Gasteiger partial charge on any atom is -0.348 e. The first-order valence-corrected chi connectivity index (χ1v) is 7.94. The van der Waals surface area contributed by atoms with Gasteiger partial charge >= 0.3 is 0 Å². The normalized spacial score (nSPS) is 19.0. The van der Waals surface area contributed by atoms with E-state index in [1.165, 1.54) is 0 Å². The number of rotatable bonds is 4. The van der Waals surface area contributed by atoms with Gasteiger partial charge in [-0.1, -0.05) is 29.3 Å². The SMILES string of the molecule is CC(NC(=O)C(C)N1CCNCC1)c1ccc(Cl)cc1Cl. The molecule has 1 heterocycles. The van der Waals surface area contributed by atoms with E-state index in [1.807, 2.05) is 19.9 Å². The minimum absolute atomic E-state index is 0.0235. The van der Waals surface area contributed by atoms with Gasteiger partial charge in [0, 0.05) is 36.2 Å². The summed E-state index contributed by atoms with van der Waals surface area (Å²) in [4.78, 5) is 14.5. The van der Waals surface area contributed by atoms with Gasteiger partial charge in [-0.3, -0.25) is 9.69 Å². The zero-order chi connectivity index (χ0) is 15.4. The van der Waals surface area contributed by atoms with Gasteiger partial charge in [0.15, 0.2) is 0 Å². The van der Waals surface area contributed by atoms with E-state index in [2.05, 4.69) is 15.5 Å². The second-order valence-electron chi connectivity index (χ2n) is 5.36. The molecule has 0 radical (unpaired) electrons. The Morgan fingerprint density at radius 2 is 1.95 bits per heavy atom. The van der Waals surface area contributed by atoms with Crippen molar-refractivity contribution >= 4 is 29.1 Å². The summed E-state index contributed by atoms with van der Waals surface area (Å²) < 4.78 is 0. The van der Waals surface area contributed by atoms with Crippen molar-refractivity contribution in [3.63, 3.8) is 0 Å². The highest BCUT2D eigenvalue weighted by Gasteiger charge is 2.24. The van der Waals surface area contributed by atoms with Crippen LogP contribution in [0.5, 0.6) is 0 Å². The molecule has 1 fully saturated rings. The average molecular weight is 330 g/mol. The van der Waals surface area contributed by atoms with Gasteiger partial charge in [0.05, 0.1) is 12.1 Å². The first-order chi connectivity index (χ1) is 9.99. The molecule has 1 aromatic rings. The minimum atomic E-state index is -0.146. The van der Waals surface area contributed by atoms with E-state index < -0.39 is 0 Å². The molecular formula is C15H21Cl2N3O. The Kier molecular flexibility index (Phi) is 5.88. The monoisotopic (exact) mass is 329 g/mol. The van der Waals surface area contributed by atoms with Crippen LogP contribution in [0.25, 0.3) is 0 Å². The molecule has 0 aromatic heterocycles. The topological polar surface area (TPSA) is 44.4 Å². The van der Waals surface area contributed by atoms with Crippen molar-refractivity contribution in [3.8, 4) is 0 Å². The van der Waals surface area contributed by atoms with E-state index in [4.69, 9.17) is 23.2 Å². The van der Waals surface area contributed by atoms with Crippen molar-refractivity contribution in [1.82, 2.24) is 15.5 Å². The highest BCUT2D eigenvalue weighted by molar-refractivity contribution is 6.35. The van der Waals surface area contributed by atoms with Crippen LogP contribution < -0.4 is 10.6 Å². The number of carbonyl (C=O) groups is 1. The third-order valence-corrected chi connectivity index (χ3v) is 4.43. The molecule has 0 saturated carbocycles. The zero-order valence-corrected chi connectivity index (χ0v) is 13.8. The number of halogens is 2. The molecular weight excluding hydrogens is 309 g/mol. The summed E-state index contributed by atoms with van der Waals surface area (Å²) in [6.45, 7) is 7.51. The molecule has 1 saturated heterocycles. The number of carbonyl (C=O) groups excluding carboxylic acids is 1. The molecule has 6 heteroatoms. The zero-order valence-electron chi connectivity index (χ0n) is 12.3. The second kappa shape index (κ2) is 7.45. The quantitative estimate of drug-likeness (QED) is 0.891. The number of piperazine rings is 1. The number of hydrogen-bond donors (Lipinski definition) is 2. The van der Waals surface area contributed by atoms with Crippen LogP contribution in [0, 0.1) is 0 Å². The number of hydrogen-bond acceptors (Lipinski definition) is 3. The third kappa shape index (κ3) is 4.33. The number of nitrogens with zero attached hydrogens (tertiary/aromatic N) is 1. The summed E-state index contributed by atoms with van der Waals surface area (Å²) in [6, 6.07) is 5.05. The van der Waals surface area contributed by atoms with Crippen LogP contribution in [0.2, 0.25) is 10.0 Å². The largest absolute Gasteiger partial charge is 0.348 e. The Bertz CT molecular complexity index is 504. The van der Waals surface area contributed by atoms with E-state index >= 15 is 0 Å². The highest BCUT2D eigenvalue weighted by Crippen LogP contribution is 2.26. The summed E-state index contributed by atoms with van der Waals surface area (Å²) in [5, 5.41) is 7.48. The van der Waals surface area contributed by atoms with Gasteiger partial charge in [0.2, 0.25) is 5.91 Å². The molecule has 1 aliphatic heterocycles. The van der Waals surface area contributed by atoms with Crippen LogP contribution in [0.4, 0.5) is 0 Å². The van der Waals surface area contributed by atoms with Crippen LogP contribution in [0.3, 0.4) is 0 Å². The highest BCUT2D eigenvalue weighted by atomic mass is 35.5. The Balaban J connectivity index is 1.97. The van der Waals surface area contributed by atoms with Gasteiger partial charge in [0.25, 0.3) is 0 Å². The lowest BCUT2D eigenvalue weighted by Gasteiger charge is -2.32. The average Bonchev–Trinajstić information content (AvgIpc) is 2.47. The lowest BCUT2D eigenvalue weighted by atomic mass is 10.1. The number of benzene rings is 1. The maximum absolute atomic E-state index is 12.4. The Morgan fingerprint density at radius 3 is 2.57 bits per heavy atom. The molecule has 2 unspecified atom stereocenters. The predicted octanol–water partition coefficient (Wildman–Crippen LogP) is 2.46. The van der Waals surface area contributed by atoms with E-state index in [1.54, 1.807) is 12.1 Å². The number of amides is 1. The van der Waals surface area contributed by atoms with Crippen molar-refractivity contribution in [2.75, 3.05) is 26.2 Å². The maximum atomic E-state index is 12.4. The van der Waals surface area contributed by atoms with E-state index in [9.17, 15) is 4.79 Å². The lowest BCUT2D eigenvalue weighted by molar-refractivity contribution is -0.126. The van der Waals surface area contributed by atoms with Crippen molar-refractivity contribution in [3.05, 3.63) is 33.8 Å². The fourth-order valence-electron chi connectivity index (χ4n) is 2.50. The van der Waals surface area contributed by atoms with E-state index in [0.29, 0.717) is 10.0 Å². The fraction of sp³-hybridized carbons (Fsp3) is 0.533. The standard InChI is InChI=1S/C15H21Cl2N3O/c1-10(13-4-3-12(16)9-14(13)17)19-15(21)11(2)20-7-5-18-6-8-20/h3-4,9-11,18H,5-8H2,1-2H3,(H,19,21). The van der Waals surface area contributed by atoms with Crippen LogP contribution >= 0.6 is 23.2 Å². The molecule has 1 amide bonds. The first kappa shape index (κ1) is 16.6. The van der Waals surface area contributed by atoms with Crippen LogP contribution in [0.1, 0.15) is 25.5 Å². The van der Waals surface area contributed by atoms with E-state index in [0.717, 1.165) is 31.7 Å². The molecule has 2 atom stereocenters. The van der Waals surface area contributed by atoms with Crippen LogP contribution in [0.15, 0.2) is 18.2 Å². The Hall–Kier alpha value is -0.810. The van der Waals surface area contributed by atoms with Crippen LogP contribution in [-0.4, -0.2) is 43.0 Å². The van der Waals surface area contributed by atoms with E-state index in [-0.39, 0.29) is 18.0 Å². The molecule has 0 spiro atoms. The molecule has 1 aliphatic rings.